The molecule has 2 aromatic heterocycles. The van der Waals surface area contributed by atoms with Crippen LogP contribution in [-0.2, 0) is 22.9 Å². The van der Waals surface area contributed by atoms with Crippen molar-refractivity contribution in [3.8, 4) is 22.4 Å². The minimum Gasteiger partial charge on any atom is -0.300 e. The summed E-state index contributed by atoms with van der Waals surface area (Å²) in [5, 5.41) is 13.6. The van der Waals surface area contributed by atoms with Gasteiger partial charge in [-0.25, -0.2) is 18.5 Å². The van der Waals surface area contributed by atoms with Crippen molar-refractivity contribution >= 4 is 32.7 Å². The molecule has 4 aromatic rings. The number of nitrogens with two attached hydrogens (primary N) is 1. The van der Waals surface area contributed by atoms with Crippen molar-refractivity contribution in [2.45, 2.75) is 49.5 Å². The van der Waals surface area contributed by atoms with Gasteiger partial charge >= 0.3 is 0 Å². The Morgan fingerprint density at radius 2 is 1.69 bits per heavy atom. The highest BCUT2D eigenvalue weighted by Crippen LogP contribution is 2.33. The van der Waals surface area contributed by atoms with Crippen LogP contribution in [0, 0.1) is 0 Å². The van der Waals surface area contributed by atoms with E-state index in [0.717, 1.165) is 48.5 Å². The number of rotatable bonds is 4. The molecule has 1 aliphatic heterocycles. The maximum Gasteiger partial charge on any atom is 0.239 e. The summed E-state index contributed by atoms with van der Waals surface area (Å²) in [4.78, 5) is 7.19. The lowest BCUT2D eigenvalue weighted by Crippen LogP contribution is -2.35. The summed E-state index contributed by atoms with van der Waals surface area (Å²) >= 11 is 6.23. The molecule has 6 rings (SSSR count). The van der Waals surface area contributed by atoms with Gasteiger partial charge in [0.1, 0.15) is 10.6 Å². The molecule has 186 valence electrons. The Morgan fingerprint density at radius 3 is 2.44 bits per heavy atom. The highest BCUT2D eigenvalue weighted by Gasteiger charge is 2.24. The molecule has 0 saturated heterocycles. The van der Waals surface area contributed by atoms with Crippen molar-refractivity contribution in [1.82, 2.24) is 20.1 Å². The van der Waals surface area contributed by atoms with Gasteiger partial charge in [0.25, 0.3) is 0 Å². The smallest absolute Gasteiger partial charge is 0.239 e. The van der Waals surface area contributed by atoms with E-state index in [0.29, 0.717) is 16.9 Å². The average Bonchev–Trinajstić information content (AvgIpc) is 3.49. The Kier molecular flexibility index (Phi) is 6.08. The van der Waals surface area contributed by atoms with E-state index >= 15 is 0 Å². The second kappa shape index (κ2) is 9.27. The van der Waals surface area contributed by atoms with Gasteiger partial charge in [0, 0.05) is 41.8 Å². The van der Waals surface area contributed by atoms with E-state index < -0.39 is 10.0 Å². The Balaban J connectivity index is 1.32. The van der Waals surface area contributed by atoms with Gasteiger partial charge in [-0.2, -0.15) is 5.10 Å². The van der Waals surface area contributed by atoms with E-state index in [1.165, 1.54) is 42.9 Å². The first-order chi connectivity index (χ1) is 17.4. The largest absolute Gasteiger partial charge is 0.300 e. The summed E-state index contributed by atoms with van der Waals surface area (Å²) < 4.78 is 23.5. The predicted octanol–water partition coefficient (Wildman–Crippen LogP) is 4.94. The van der Waals surface area contributed by atoms with Gasteiger partial charge in [-0.1, -0.05) is 48.7 Å². The molecule has 2 aliphatic rings. The zero-order valence-corrected chi connectivity index (χ0v) is 21.4. The number of halogens is 1. The van der Waals surface area contributed by atoms with Crippen LogP contribution in [0.15, 0.2) is 53.6 Å². The number of pyridine rings is 1. The number of H-pyrrole nitrogens is 1. The summed E-state index contributed by atoms with van der Waals surface area (Å²) in [5.41, 5.74) is 7.01. The predicted molar refractivity (Wildman–Crippen MR) is 142 cm³/mol. The van der Waals surface area contributed by atoms with E-state index in [-0.39, 0.29) is 9.92 Å². The normalized spacial score (nSPS) is 17.4. The highest BCUT2D eigenvalue weighted by molar-refractivity contribution is 7.89. The zero-order chi connectivity index (χ0) is 24.9. The number of nitrogens with zero attached hydrogens (tertiary/aromatic N) is 3. The first kappa shape index (κ1) is 23.6. The molecule has 0 spiro atoms. The van der Waals surface area contributed by atoms with E-state index in [1.54, 1.807) is 12.1 Å². The van der Waals surface area contributed by atoms with Crippen LogP contribution in [-0.4, -0.2) is 47.6 Å². The number of benzene rings is 2. The number of nitrogens with one attached hydrogen (secondary N) is 1. The standard InChI is InChI=1S/C27H28ClN5O2S/c28-24-15-20(7-8-25(24)36(29,34)35)26-23-14-21(16-30-27(23)32-31-26)18-6-5-17-9-11-33(12-10-19(17)13-18)22-3-1-2-4-22/h5-8,13-16,22H,1-4,9-12H2,(H2,29,34,35)(H,30,31,32). The monoisotopic (exact) mass is 521 g/mol. The van der Waals surface area contributed by atoms with Gasteiger partial charge in [-0.05, 0) is 60.6 Å². The molecule has 3 heterocycles. The molecular weight excluding hydrogens is 494 g/mol. The molecule has 0 unspecified atom stereocenters. The number of fused-ring (bicyclic) bond motifs is 2. The van der Waals surface area contributed by atoms with Crippen LogP contribution in [0.3, 0.4) is 0 Å². The van der Waals surface area contributed by atoms with Gasteiger partial charge in [0.2, 0.25) is 10.0 Å². The van der Waals surface area contributed by atoms with Crippen LogP contribution in [0.4, 0.5) is 0 Å². The molecule has 0 atom stereocenters. The minimum absolute atomic E-state index is 0.0627. The van der Waals surface area contributed by atoms with E-state index in [4.69, 9.17) is 16.7 Å². The van der Waals surface area contributed by atoms with Gasteiger partial charge in [-0.3, -0.25) is 10.00 Å². The maximum absolute atomic E-state index is 11.7. The fourth-order valence-electron chi connectivity index (χ4n) is 5.72. The highest BCUT2D eigenvalue weighted by atomic mass is 35.5. The Morgan fingerprint density at radius 1 is 0.944 bits per heavy atom. The third kappa shape index (κ3) is 4.43. The third-order valence-corrected chi connectivity index (χ3v) is 9.04. The lowest BCUT2D eigenvalue weighted by molar-refractivity contribution is 0.208. The first-order valence-corrected chi connectivity index (χ1v) is 14.3. The van der Waals surface area contributed by atoms with Crippen molar-refractivity contribution in [2.24, 2.45) is 5.14 Å². The van der Waals surface area contributed by atoms with Gasteiger partial charge in [0.05, 0.1) is 5.02 Å². The van der Waals surface area contributed by atoms with E-state index in [2.05, 4.69) is 44.3 Å². The molecule has 1 fully saturated rings. The van der Waals surface area contributed by atoms with Crippen molar-refractivity contribution < 1.29 is 8.42 Å². The van der Waals surface area contributed by atoms with Crippen LogP contribution in [0.2, 0.25) is 5.02 Å². The van der Waals surface area contributed by atoms with Crippen molar-refractivity contribution in [3.05, 3.63) is 64.8 Å². The Labute approximate surface area is 215 Å². The second-order valence-electron chi connectivity index (χ2n) is 9.84. The number of aromatic amines is 1. The zero-order valence-electron chi connectivity index (χ0n) is 19.9. The minimum atomic E-state index is -3.90. The Bertz CT molecular complexity index is 1560. The van der Waals surface area contributed by atoms with Crippen LogP contribution < -0.4 is 5.14 Å². The Hall–Kier alpha value is -2.78. The van der Waals surface area contributed by atoms with Crippen molar-refractivity contribution in [2.75, 3.05) is 13.1 Å². The molecule has 1 saturated carbocycles. The molecule has 3 N–H and O–H groups in total. The lowest BCUT2D eigenvalue weighted by Gasteiger charge is -2.26. The molecule has 0 amide bonds. The van der Waals surface area contributed by atoms with Gasteiger partial charge in [0.15, 0.2) is 5.65 Å². The SMILES string of the molecule is NS(=O)(=O)c1ccc(-c2n[nH]c3ncc(-c4ccc5c(c4)CCN(C4CCCC4)CC5)cc23)cc1Cl. The molecule has 9 heteroatoms. The summed E-state index contributed by atoms with van der Waals surface area (Å²) in [7, 11) is -3.90. The van der Waals surface area contributed by atoms with Crippen molar-refractivity contribution in [1.29, 1.82) is 0 Å². The van der Waals surface area contributed by atoms with Gasteiger partial charge < -0.3 is 0 Å². The number of hydrogen-bond donors (Lipinski definition) is 2. The molecule has 0 radical (unpaired) electrons. The number of sulfonamides is 1. The molecule has 7 nitrogen and oxygen atoms in total. The summed E-state index contributed by atoms with van der Waals surface area (Å²) in [6.45, 7) is 2.27. The molecule has 1 aliphatic carbocycles. The number of hydrogen-bond acceptors (Lipinski definition) is 5. The molecule has 0 bridgehead atoms. The summed E-state index contributed by atoms with van der Waals surface area (Å²) in [6, 6.07) is 14.2. The topological polar surface area (TPSA) is 105 Å². The fourth-order valence-corrected chi connectivity index (χ4v) is 6.81. The quantitative estimate of drug-likeness (QED) is 0.396. The third-order valence-electron chi connectivity index (χ3n) is 7.65. The lowest BCUT2D eigenvalue weighted by atomic mass is 9.96. The van der Waals surface area contributed by atoms with Crippen LogP contribution in [0.5, 0.6) is 0 Å². The summed E-state index contributed by atoms with van der Waals surface area (Å²) in [5.74, 6) is 0. The maximum atomic E-state index is 11.7. The fraction of sp³-hybridized carbons (Fsp3) is 0.333. The molecule has 36 heavy (non-hydrogen) atoms. The average molecular weight is 522 g/mol. The number of aromatic nitrogens is 3. The molecular formula is C27H28ClN5O2S. The molecule has 2 aromatic carbocycles. The number of primary sulfonamides is 1. The summed E-state index contributed by atoms with van der Waals surface area (Å²) in [6.07, 6.45) is 9.46. The second-order valence-corrected chi connectivity index (χ2v) is 11.8. The van der Waals surface area contributed by atoms with Crippen LogP contribution >= 0.6 is 11.6 Å². The van der Waals surface area contributed by atoms with Crippen LogP contribution in [0.25, 0.3) is 33.4 Å². The van der Waals surface area contributed by atoms with Crippen molar-refractivity contribution in [3.63, 3.8) is 0 Å². The first-order valence-electron chi connectivity index (χ1n) is 12.4. The van der Waals surface area contributed by atoms with Gasteiger partial charge in [-0.15, -0.1) is 0 Å². The van der Waals surface area contributed by atoms with E-state index in [9.17, 15) is 8.42 Å². The van der Waals surface area contributed by atoms with E-state index in [1.807, 2.05) is 6.20 Å². The van der Waals surface area contributed by atoms with Crippen LogP contribution in [0.1, 0.15) is 36.8 Å².